The summed E-state index contributed by atoms with van der Waals surface area (Å²) < 4.78 is 6.56. The molecule has 7 nitrogen and oxygen atoms in total. The summed E-state index contributed by atoms with van der Waals surface area (Å²) in [6.45, 7) is 5.29. The lowest BCUT2D eigenvalue weighted by molar-refractivity contribution is 0.0473. The van der Waals surface area contributed by atoms with Gasteiger partial charge >= 0.3 is 5.97 Å². The second-order valence-corrected chi connectivity index (χ2v) is 6.05. The van der Waals surface area contributed by atoms with Crippen molar-refractivity contribution >= 4 is 11.8 Å². The van der Waals surface area contributed by atoms with E-state index in [1.54, 1.807) is 10.9 Å². The zero-order valence-electron chi connectivity index (χ0n) is 13.1. The van der Waals surface area contributed by atoms with Gasteiger partial charge in [-0.25, -0.2) is 4.79 Å². The number of phenols is 2. The minimum Gasteiger partial charge on any atom is -0.508 e. The first-order valence-corrected chi connectivity index (χ1v) is 6.96. The quantitative estimate of drug-likeness (QED) is 0.661. The Bertz CT molecular complexity index is 743. The van der Waals surface area contributed by atoms with Gasteiger partial charge < -0.3 is 14.9 Å². The first-order valence-electron chi connectivity index (χ1n) is 6.96. The van der Waals surface area contributed by atoms with Crippen LogP contribution in [0.3, 0.4) is 0 Å². The second kappa shape index (κ2) is 6.12. The standard InChI is InChI=1S/C16H18N2O5/c1-16(2,3)18-8-10(7-17-18)15(22)23-9-14(21)12-5-4-11(19)6-13(12)20/h4-8,19-20H,9H2,1-3H3. The third kappa shape index (κ3) is 3.88. The van der Waals surface area contributed by atoms with Crippen LogP contribution in [-0.4, -0.2) is 38.4 Å². The molecule has 1 aromatic carbocycles. The molecule has 2 rings (SSSR count). The zero-order valence-corrected chi connectivity index (χ0v) is 13.1. The number of carbonyl (C=O) groups excluding carboxylic acids is 2. The predicted octanol–water partition coefficient (Wildman–Crippen LogP) is 2.09. The summed E-state index contributed by atoms with van der Waals surface area (Å²) in [5.41, 5.74) is -0.0599. The van der Waals surface area contributed by atoms with Crippen LogP contribution in [-0.2, 0) is 10.3 Å². The van der Waals surface area contributed by atoms with E-state index in [9.17, 15) is 19.8 Å². The average molecular weight is 318 g/mol. The molecule has 0 saturated heterocycles. The minimum absolute atomic E-state index is 0.0269. The van der Waals surface area contributed by atoms with Crippen molar-refractivity contribution < 1.29 is 24.5 Å². The summed E-state index contributed by atoms with van der Waals surface area (Å²) in [6.07, 6.45) is 2.92. The number of phenolic OH excluding ortho intramolecular Hbond substituents is 2. The summed E-state index contributed by atoms with van der Waals surface area (Å²) in [6, 6.07) is 3.57. The van der Waals surface area contributed by atoms with Crippen molar-refractivity contribution in [1.29, 1.82) is 0 Å². The van der Waals surface area contributed by atoms with E-state index in [0.717, 1.165) is 6.07 Å². The number of hydrogen-bond donors (Lipinski definition) is 2. The molecule has 0 saturated carbocycles. The van der Waals surface area contributed by atoms with Crippen molar-refractivity contribution in [2.45, 2.75) is 26.3 Å². The Labute approximate surface area is 133 Å². The lowest BCUT2D eigenvalue weighted by Gasteiger charge is -2.18. The molecule has 0 aliphatic carbocycles. The van der Waals surface area contributed by atoms with Gasteiger partial charge in [-0.3, -0.25) is 9.48 Å². The van der Waals surface area contributed by atoms with E-state index in [4.69, 9.17) is 4.74 Å². The van der Waals surface area contributed by atoms with Gasteiger partial charge in [-0.2, -0.15) is 5.10 Å². The van der Waals surface area contributed by atoms with Crippen molar-refractivity contribution in [3.8, 4) is 11.5 Å². The van der Waals surface area contributed by atoms with Gasteiger partial charge in [0.1, 0.15) is 11.5 Å². The Morgan fingerprint density at radius 2 is 1.96 bits per heavy atom. The van der Waals surface area contributed by atoms with E-state index in [-0.39, 0.29) is 28.2 Å². The monoisotopic (exact) mass is 318 g/mol. The smallest absolute Gasteiger partial charge is 0.341 e. The Balaban J connectivity index is 2.01. The van der Waals surface area contributed by atoms with Crippen LogP contribution in [0.2, 0.25) is 0 Å². The zero-order chi connectivity index (χ0) is 17.2. The van der Waals surface area contributed by atoms with Gasteiger partial charge in [-0.1, -0.05) is 0 Å². The van der Waals surface area contributed by atoms with Crippen molar-refractivity contribution in [3.05, 3.63) is 41.7 Å². The van der Waals surface area contributed by atoms with E-state index in [1.165, 1.54) is 18.3 Å². The number of benzene rings is 1. The molecule has 0 fully saturated rings. The fraction of sp³-hybridized carbons (Fsp3) is 0.312. The molecule has 0 radical (unpaired) electrons. The molecule has 23 heavy (non-hydrogen) atoms. The number of Topliss-reactive ketones (excluding diaryl/α,β-unsaturated/α-hetero) is 1. The molecule has 0 bridgehead atoms. The van der Waals surface area contributed by atoms with Crippen LogP contribution in [0, 0.1) is 0 Å². The number of rotatable bonds is 4. The number of aromatic nitrogens is 2. The van der Waals surface area contributed by atoms with E-state index in [2.05, 4.69) is 5.10 Å². The first-order chi connectivity index (χ1) is 10.7. The summed E-state index contributed by atoms with van der Waals surface area (Å²) in [5.74, 6) is -1.77. The molecular formula is C16H18N2O5. The van der Waals surface area contributed by atoms with Gasteiger partial charge in [0.2, 0.25) is 5.78 Å². The maximum absolute atomic E-state index is 11.9. The van der Waals surface area contributed by atoms with E-state index < -0.39 is 18.4 Å². The van der Waals surface area contributed by atoms with Gasteiger partial charge in [0.05, 0.1) is 22.9 Å². The Hall–Kier alpha value is -2.83. The predicted molar refractivity (Wildman–Crippen MR) is 81.6 cm³/mol. The van der Waals surface area contributed by atoms with Crippen LogP contribution in [0.25, 0.3) is 0 Å². The molecule has 0 aliphatic heterocycles. The maximum atomic E-state index is 11.9. The van der Waals surface area contributed by atoms with Crippen molar-refractivity contribution in [3.63, 3.8) is 0 Å². The summed E-state index contributed by atoms with van der Waals surface area (Å²) in [7, 11) is 0. The molecule has 122 valence electrons. The number of aromatic hydroxyl groups is 2. The fourth-order valence-electron chi connectivity index (χ4n) is 1.84. The molecule has 1 heterocycles. The third-order valence-corrected chi connectivity index (χ3v) is 3.12. The molecule has 0 spiro atoms. The van der Waals surface area contributed by atoms with E-state index in [0.29, 0.717) is 0 Å². The van der Waals surface area contributed by atoms with Crippen LogP contribution in [0.1, 0.15) is 41.5 Å². The molecule has 2 N–H and O–H groups in total. The van der Waals surface area contributed by atoms with Crippen LogP contribution in [0.4, 0.5) is 0 Å². The molecule has 0 atom stereocenters. The number of carbonyl (C=O) groups is 2. The van der Waals surface area contributed by atoms with Crippen molar-refractivity contribution in [1.82, 2.24) is 9.78 Å². The van der Waals surface area contributed by atoms with Crippen molar-refractivity contribution in [2.75, 3.05) is 6.61 Å². The molecule has 0 unspecified atom stereocenters. The topological polar surface area (TPSA) is 102 Å². The highest BCUT2D eigenvalue weighted by atomic mass is 16.5. The average Bonchev–Trinajstić information content (AvgIpc) is 2.94. The molecule has 0 amide bonds. The van der Waals surface area contributed by atoms with Gasteiger partial charge in [-0.05, 0) is 32.9 Å². The lowest BCUT2D eigenvalue weighted by atomic mass is 10.1. The molecular weight excluding hydrogens is 300 g/mol. The number of hydrogen-bond acceptors (Lipinski definition) is 6. The molecule has 2 aromatic rings. The third-order valence-electron chi connectivity index (χ3n) is 3.12. The van der Waals surface area contributed by atoms with E-state index in [1.807, 2.05) is 20.8 Å². The van der Waals surface area contributed by atoms with E-state index >= 15 is 0 Å². The number of ether oxygens (including phenoxy) is 1. The fourth-order valence-corrected chi connectivity index (χ4v) is 1.84. The Morgan fingerprint density at radius 1 is 1.26 bits per heavy atom. The first kappa shape index (κ1) is 16.5. The summed E-state index contributed by atoms with van der Waals surface area (Å²) >= 11 is 0. The summed E-state index contributed by atoms with van der Waals surface area (Å²) in [5, 5.41) is 22.9. The van der Waals surface area contributed by atoms with Gasteiger partial charge in [0.15, 0.2) is 6.61 Å². The SMILES string of the molecule is CC(C)(C)n1cc(C(=O)OCC(=O)c2ccc(O)cc2O)cn1. The number of nitrogens with zero attached hydrogens (tertiary/aromatic N) is 2. The normalized spacial score (nSPS) is 11.3. The van der Waals surface area contributed by atoms with Crippen LogP contribution in [0.5, 0.6) is 11.5 Å². The van der Waals surface area contributed by atoms with Gasteiger partial charge in [0, 0.05) is 12.3 Å². The Kier molecular flexibility index (Phi) is 4.40. The minimum atomic E-state index is -0.674. The second-order valence-electron chi connectivity index (χ2n) is 6.05. The van der Waals surface area contributed by atoms with Crippen LogP contribution < -0.4 is 0 Å². The van der Waals surface area contributed by atoms with Gasteiger partial charge in [-0.15, -0.1) is 0 Å². The maximum Gasteiger partial charge on any atom is 0.341 e. The Morgan fingerprint density at radius 3 is 2.52 bits per heavy atom. The van der Waals surface area contributed by atoms with Crippen molar-refractivity contribution in [2.24, 2.45) is 0 Å². The largest absolute Gasteiger partial charge is 0.508 e. The highest BCUT2D eigenvalue weighted by Gasteiger charge is 2.19. The van der Waals surface area contributed by atoms with Gasteiger partial charge in [0.25, 0.3) is 0 Å². The number of esters is 1. The molecule has 0 aliphatic rings. The van der Waals surface area contributed by atoms with Crippen LogP contribution in [0.15, 0.2) is 30.6 Å². The highest BCUT2D eigenvalue weighted by molar-refractivity contribution is 6.01. The summed E-state index contributed by atoms with van der Waals surface area (Å²) in [4.78, 5) is 23.9. The lowest BCUT2D eigenvalue weighted by Crippen LogP contribution is -2.22. The molecule has 1 aromatic heterocycles. The van der Waals surface area contributed by atoms with Crippen LogP contribution >= 0.6 is 0 Å². The number of ketones is 1. The highest BCUT2D eigenvalue weighted by Crippen LogP contribution is 2.23. The molecule has 7 heteroatoms.